The molecular formula is C23H37N4O5P. The quantitative estimate of drug-likeness (QED) is 0.0742. The van der Waals surface area contributed by atoms with Crippen molar-refractivity contribution in [3.05, 3.63) is 39.9 Å². The lowest BCUT2D eigenvalue weighted by Gasteiger charge is -2.19. The molecule has 0 aliphatic heterocycles. The van der Waals surface area contributed by atoms with Gasteiger partial charge in [0, 0.05) is 31.3 Å². The second-order valence-electron chi connectivity index (χ2n) is 8.89. The number of aliphatic imine (C=N–C) groups is 1. The minimum atomic E-state index is -0.659. The standard InChI is InChI=1S/C23H37N4O5P/c1-16(2)12-18(23(29)32-14-17-7-9-19(10-8-17)27(30)31)13-21(28)20(24)6-5-11-26-22(25)15-33(3)4/h7-10,16,18,20H,5-6,11-15,24H2,1-4H3,(H2,25,26)/t18-,20-/m1/s1. The van der Waals surface area contributed by atoms with Crippen LogP contribution in [0.15, 0.2) is 29.3 Å². The van der Waals surface area contributed by atoms with E-state index in [1.165, 1.54) is 12.1 Å². The largest absolute Gasteiger partial charge is 0.461 e. The summed E-state index contributed by atoms with van der Waals surface area (Å²) in [5, 5.41) is 10.7. The van der Waals surface area contributed by atoms with Crippen LogP contribution in [0.2, 0.25) is 0 Å². The second-order valence-corrected chi connectivity index (χ2v) is 11.4. The molecule has 1 aromatic rings. The van der Waals surface area contributed by atoms with Crippen molar-refractivity contribution in [2.24, 2.45) is 28.3 Å². The van der Waals surface area contributed by atoms with Crippen LogP contribution < -0.4 is 11.5 Å². The van der Waals surface area contributed by atoms with Gasteiger partial charge in [-0.1, -0.05) is 13.8 Å². The second kappa shape index (κ2) is 14.7. The van der Waals surface area contributed by atoms with Crippen LogP contribution in [-0.4, -0.2) is 54.6 Å². The molecule has 0 spiro atoms. The van der Waals surface area contributed by atoms with Gasteiger partial charge < -0.3 is 16.2 Å². The van der Waals surface area contributed by atoms with Gasteiger partial charge in [0.15, 0.2) is 0 Å². The number of carbonyl (C=O) groups is 2. The van der Waals surface area contributed by atoms with E-state index >= 15 is 0 Å². The Bertz CT molecular complexity index is 812. The number of hydrogen-bond acceptors (Lipinski definition) is 7. The molecular weight excluding hydrogens is 443 g/mol. The van der Waals surface area contributed by atoms with Crippen LogP contribution in [0.25, 0.3) is 0 Å². The molecule has 1 rings (SSSR count). The summed E-state index contributed by atoms with van der Waals surface area (Å²) >= 11 is 0. The maximum atomic E-state index is 12.7. The number of Topliss-reactive ketones (excluding diaryl/α,β-unsaturated/α-hetero) is 1. The van der Waals surface area contributed by atoms with Gasteiger partial charge in [0.1, 0.15) is 12.4 Å². The summed E-state index contributed by atoms with van der Waals surface area (Å²) in [6.45, 7) is 8.74. The minimum absolute atomic E-state index is 0.0111. The Hall–Kier alpha value is -2.38. The van der Waals surface area contributed by atoms with Crippen LogP contribution >= 0.6 is 7.92 Å². The lowest BCUT2D eigenvalue weighted by Crippen LogP contribution is -2.34. The van der Waals surface area contributed by atoms with Gasteiger partial charge >= 0.3 is 5.97 Å². The van der Waals surface area contributed by atoms with Crippen LogP contribution in [-0.2, 0) is 20.9 Å². The zero-order valence-corrected chi connectivity index (χ0v) is 20.9. The predicted octanol–water partition coefficient (Wildman–Crippen LogP) is 3.47. The van der Waals surface area contributed by atoms with E-state index in [9.17, 15) is 19.7 Å². The predicted molar refractivity (Wildman–Crippen MR) is 133 cm³/mol. The molecule has 0 saturated carbocycles. The Labute approximate surface area is 197 Å². The van der Waals surface area contributed by atoms with Crippen molar-refractivity contribution in [3.8, 4) is 0 Å². The number of benzene rings is 1. The van der Waals surface area contributed by atoms with Gasteiger partial charge in [-0.15, -0.1) is 7.92 Å². The average Bonchev–Trinajstić information content (AvgIpc) is 2.73. The number of nitrogens with two attached hydrogens (primary N) is 2. The van der Waals surface area contributed by atoms with Crippen molar-refractivity contribution in [1.82, 2.24) is 0 Å². The van der Waals surface area contributed by atoms with Crippen molar-refractivity contribution in [2.45, 2.75) is 52.2 Å². The third kappa shape index (κ3) is 11.9. The van der Waals surface area contributed by atoms with Crippen molar-refractivity contribution in [2.75, 3.05) is 26.0 Å². The molecule has 4 N–H and O–H groups in total. The molecule has 0 heterocycles. The molecule has 0 aliphatic carbocycles. The molecule has 2 atom stereocenters. The van der Waals surface area contributed by atoms with E-state index in [-0.39, 0.29) is 38.3 Å². The average molecular weight is 481 g/mol. The summed E-state index contributed by atoms with van der Waals surface area (Å²) in [5.41, 5.74) is 12.5. The Balaban J connectivity index is 2.57. The third-order valence-corrected chi connectivity index (χ3v) is 5.90. The van der Waals surface area contributed by atoms with Crippen molar-refractivity contribution >= 4 is 31.2 Å². The summed E-state index contributed by atoms with van der Waals surface area (Å²) in [5.74, 6) is -0.376. The Morgan fingerprint density at radius 1 is 1.21 bits per heavy atom. The first kappa shape index (κ1) is 28.7. The molecule has 1 aromatic carbocycles. The summed E-state index contributed by atoms with van der Waals surface area (Å²) in [4.78, 5) is 39.9. The van der Waals surface area contributed by atoms with Crippen molar-refractivity contribution < 1.29 is 19.2 Å². The highest BCUT2D eigenvalue weighted by molar-refractivity contribution is 7.57. The van der Waals surface area contributed by atoms with Crippen LogP contribution in [0.3, 0.4) is 0 Å². The van der Waals surface area contributed by atoms with Gasteiger partial charge in [0.05, 0.1) is 22.7 Å². The number of esters is 1. The van der Waals surface area contributed by atoms with Crippen LogP contribution in [0.5, 0.6) is 0 Å². The zero-order valence-electron chi connectivity index (χ0n) is 20.0. The first-order valence-corrected chi connectivity index (χ1v) is 13.5. The smallest absolute Gasteiger partial charge is 0.309 e. The highest BCUT2D eigenvalue weighted by Gasteiger charge is 2.27. The van der Waals surface area contributed by atoms with E-state index in [2.05, 4.69) is 18.3 Å². The van der Waals surface area contributed by atoms with Gasteiger partial charge in [0.25, 0.3) is 5.69 Å². The van der Waals surface area contributed by atoms with E-state index in [0.717, 1.165) is 6.16 Å². The molecule has 0 unspecified atom stereocenters. The van der Waals surface area contributed by atoms with E-state index in [4.69, 9.17) is 16.2 Å². The first-order chi connectivity index (χ1) is 15.5. The van der Waals surface area contributed by atoms with E-state index in [1.807, 2.05) is 13.8 Å². The van der Waals surface area contributed by atoms with Crippen molar-refractivity contribution in [3.63, 3.8) is 0 Å². The molecule has 0 aromatic heterocycles. The lowest BCUT2D eigenvalue weighted by atomic mass is 9.90. The molecule has 0 aliphatic rings. The molecule has 184 valence electrons. The van der Waals surface area contributed by atoms with E-state index in [0.29, 0.717) is 37.2 Å². The molecule has 0 bridgehead atoms. The zero-order chi connectivity index (χ0) is 25.0. The lowest BCUT2D eigenvalue weighted by molar-refractivity contribution is -0.384. The number of non-ortho nitro benzene ring substituents is 1. The molecule has 33 heavy (non-hydrogen) atoms. The summed E-state index contributed by atoms with van der Waals surface area (Å²) in [6.07, 6.45) is 2.47. The van der Waals surface area contributed by atoms with E-state index in [1.54, 1.807) is 12.1 Å². The number of hydrogen-bond donors (Lipinski definition) is 2. The molecule has 0 amide bonds. The molecule has 9 nitrogen and oxygen atoms in total. The number of ketones is 1. The van der Waals surface area contributed by atoms with Gasteiger partial charge in [-0.05, 0) is 56.2 Å². The summed E-state index contributed by atoms with van der Waals surface area (Å²) in [6, 6.07) is 5.15. The minimum Gasteiger partial charge on any atom is -0.461 e. The third-order valence-electron chi connectivity index (χ3n) is 4.95. The van der Waals surface area contributed by atoms with Crippen LogP contribution in [0.1, 0.15) is 45.1 Å². The molecule has 10 heteroatoms. The summed E-state index contributed by atoms with van der Waals surface area (Å²) < 4.78 is 5.40. The fourth-order valence-corrected chi connectivity index (χ4v) is 4.03. The van der Waals surface area contributed by atoms with Crippen LogP contribution in [0, 0.1) is 22.0 Å². The fraction of sp³-hybridized carbons (Fsp3) is 0.609. The fourth-order valence-electron chi connectivity index (χ4n) is 3.28. The molecule has 0 radical (unpaired) electrons. The highest BCUT2D eigenvalue weighted by Crippen LogP contribution is 2.23. The molecule has 0 fully saturated rings. The number of rotatable bonds is 15. The Kier molecular flexibility index (Phi) is 12.8. The number of nitro groups is 1. The topological polar surface area (TPSA) is 151 Å². The maximum absolute atomic E-state index is 12.7. The molecule has 0 saturated heterocycles. The van der Waals surface area contributed by atoms with Gasteiger partial charge in [-0.3, -0.25) is 24.7 Å². The number of nitrogens with zero attached hydrogens (tertiary/aromatic N) is 2. The monoisotopic (exact) mass is 480 g/mol. The Morgan fingerprint density at radius 3 is 2.39 bits per heavy atom. The highest BCUT2D eigenvalue weighted by atomic mass is 31.1. The van der Waals surface area contributed by atoms with Crippen molar-refractivity contribution in [1.29, 1.82) is 0 Å². The SMILES string of the molecule is CC(C)C[C@H](CC(=O)[C@H](N)CCCN=C(N)CP(C)C)C(=O)OCc1ccc([N+](=O)[O-])cc1. The summed E-state index contributed by atoms with van der Waals surface area (Å²) in [7, 11) is -0.135. The maximum Gasteiger partial charge on any atom is 0.309 e. The Morgan fingerprint density at radius 2 is 1.85 bits per heavy atom. The first-order valence-electron chi connectivity index (χ1n) is 11.1. The van der Waals surface area contributed by atoms with E-state index < -0.39 is 22.9 Å². The van der Waals surface area contributed by atoms with Gasteiger partial charge in [-0.2, -0.15) is 0 Å². The normalized spacial score (nSPS) is 13.7. The number of nitro benzene ring substituents is 1. The van der Waals surface area contributed by atoms with Gasteiger partial charge in [0.2, 0.25) is 0 Å². The van der Waals surface area contributed by atoms with Crippen LogP contribution in [0.4, 0.5) is 5.69 Å². The van der Waals surface area contributed by atoms with Gasteiger partial charge in [-0.25, -0.2) is 0 Å². The number of carbonyl (C=O) groups excluding carboxylic acids is 2. The number of ether oxygens (including phenoxy) is 1. The number of amidine groups is 1.